The molecule has 28 heavy (non-hydrogen) atoms. The van der Waals surface area contributed by atoms with E-state index in [1.54, 1.807) is 24.3 Å². The van der Waals surface area contributed by atoms with Gasteiger partial charge in [0.1, 0.15) is 11.6 Å². The summed E-state index contributed by atoms with van der Waals surface area (Å²) in [7, 11) is 0. The van der Waals surface area contributed by atoms with Gasteiger partial charge in [-0.2, -0.15) is 5.26 Å². The zero-order valence-electron chi connectivity index (χ0n) is 15.4. The highest BCUT2D eigenvalue weighted by atomic mass is 16.2. The van der Waals surface area contributed by atoms with Crippen molar-refractivity contribution in [2.45, 2.75) is 13.8 Å². The van der Waals surface area contributed by atoms with Gasteiger partial charge >= 0.3 is 0 Å². The van der Waals surface area contributed by atoms with Crippen molar-refractivity contribution in [2.24, 2.45) is 0 Å². The molecule has 3 amide bonds. The number of hydrogen-bond donors (Lipinski definition) is 2. The zero-order valence-corrected chi connectivity index (χ0v) is 15.4. The van der Waals surface area contributed by atoms with Gasteiger partial charge in [-0.15, -0.1) is 0 Å². The van der Waals surface area contributed by atoms with Gasteiger partial charge in [-0.3, -0.25) is 19.3 Å². The summed E-state index contributed by atoms with van der Waals surface area (Å²) in [6, 6.07) is 14.2. The molecule has 0 heterocycles. The van der Waals surface area contributed by atoms with E-state index in [0.29, 0.717) is 17.1 Å². The first kappa shape index (κ1) is 20.2. The van der Waals surface area contributed by atoms with Crippen molar-refractivity contribution in [3.8, 4) is 6.07 Å². The summed E-state index contributed by atoms with van der Waals surface area (Å²) in [6.07, 6.45) is 1.09. The van der Waals surface area contributed by atoms with Crippen molar-refractivity contribution in [3.63, 3.8) is 0 Å². The molecule has 0 bridgehead atoms. The van der Waals surface area contributed by atoms with Crippen LogP contribution in [0.4, 0.5) is 22.7 Å². The Bertz CT molecular complexity index is 990. The van der Waals surface area contributed by atoms with Crippen LogP contribution in [0.3, 0.4) is 0 Å². The first-order valence-corrected chi connectivity index (χ1v) is 8.22. The SMILES string of the molecule is CC(=O)N(/C=C(/C#N)C(=O)N(C(C)=O)c1ccc(N)cc1)c1cccc(N)c1. The summed E-state index contributed by atoms with van der Waals surface area (Å²) in [5, 5.41) is 9.49. The van der Waals surface area contributed by atoms with Crippen LogP contribution in [0.1, 0.15) is 13.8 Å². The van der Waals surface area contributed by atoms with E-state index in [0.717, 1.165) is 16.0 Å². The van der Waals surface area contributed by atoms with Crippen molar-refractivity contribution in [3.05, 3.63) is 60.3 Å². The van der Waals surface area contributed by atoms with Crippen LogP contribution in [0.5, 0.6) is 0 Å². The largest absolute Gasteiger partial charge is 0.399 e. The first-order chi connectivity index (χ1) is 13.2. The molecule has 142 valence electrons. The number of carbonyl (C=O) groups excluding carboxylic acids is 3. The third-order valence-corrected chi connectivity index (χ3v) is 3.77. The van der Waals surface area contributed by atoms with E-state index in [4.69, 9.17) is 11.5 Å². The minimum absolute atomic E-state index is 0.256. The average molecular weight is 377 g/mol. The summed E-state index contributed by atoms with van der Waals surface area (Å²) in [5.74, 6) is -1.89. The Hall–Kier alpha value is -4.12. The standard InChI is InChI=1S/C20H19N5O3/c1-13(26)24(19-5-3-4-17(23)10-19)12-15(11-21)20(28)25(14(2)27)18-8-6-16(22)7-9-18/h3-10,12H,22-23H2,1-2H3/b15-12-. The Morgan fingerprint density at radius 3 is 2.07 bits per heavy atom. The Morgan fingerprint density at radius 1 is 0.929 bits per heavy atom. The van der Waals surface area contributed by atoms with Crippen LogP contribution < -0.4 is 21.3 Å². The molecule has 0 radical (unpaired) electrons. The lowest BCUT2D eigenvalue weighted by Crippen LogP contribution is -2.37. The number of nitriles is 1. The smallest absolute Gasteiger partial charge is 0.277 e. The number of anilines is 4. The molecule has 8 heteroatoms. The number of imide groups is 1. The minimum Gasteiger partial charge on any atom is -0.399 e. The van der Waals surface area contributed by atoms with Crippen molar-refractivity contribution in [1.29, 1.82) is 5.26 Å². The van der Waals surface area contributed by atoms with Crippen LogP contribution in [0.2, 0.25) is 0 Å². The Morgan fingerprint density at radius 2 is 1.57 bits per heavy atom. The van der Waals surface area contributed by atoms with Crippen molar-refractivity contribution >= 4 is 40.5 Å². The van der Waals surface area contributed by atoms with Crippen LogP contribution in [0.25, 0.3) is 0 Å². The second-order valence-electron chi connectivity index (χ2n) is 5.89. The maximum absolute atomic E-state index is 12.9. The molecule has 0 saturated carbocycles. The van der Waals surface area contributed by atoms with Crippen LogP contribution >= 0.6 is 0 Å². The molecule has 8 nitrogen and oxygen atoms in total. The van der Waals surface area contributed by atoms with Gasteiger partial charge < -0.3 is 11.5 Å². The Labute approximate surface area is 162 Å². The van der Waals surface area contributed by atoms with Crippen molar-refractivity contribution in [1.82, 2.24) is 0 Å². The summed E-state index contributed by atoms with van der Waals surface area (Å²) in [4.78, 5) is 39.0. The molecule has 0 fully saturated rings. The molecule has 2 aromatic rings. The fourth-order valence-corrected chi connectivity index (χ4v) is 2.47. The summed E-state index contributed by atoms with van der Waals surface area (Å²) in [6.45, 7) is 2.48. The van der Waals surface area contributed by atoms with Gasteiger partial charge in [0.25, 0.3) is 5.91 Å². The number of hydrogen-bond acceptors (Lipinski definition) is 6. The molecular formula is C20H19N5O3. The number of benzene rings is 2. The average Bonchev–Trinajstić information content (AvgIpc) is 2.63. The van der Waals surface area contributed by atoms with Crippen LogP contribution in [-0.2, 0) is 14.4 Å². The molecule has 0 atom stereocenters. The van der Waals surface area contributed by atoms with Gasteiger partial charge in [0, 0.05) is 31.4 Å². The highest BCUT2D eigenvalue weighted by Gasteiger charge is 2.25. The van der Waals surface area contributed by atoms with Gasteiger partial charge in [0.05, 0.1) is 11.4 Å². The van der Waals surface area contributed by atoms with E-state index in [1.165, 1.54) is 44.2 Å². The number of carbonyl (C=O) groups is 3. The van der Waals surface area contributed by atoms with Crippen LogP contribution in [0.15, 0.2) is 60.3 Å². The van der Waals surface area contributed by atoms with Gasteiger partial charge in [-0.1, -0.05) is 6.07 Å². The normalized spacial score (nSPS) is 10.7. The fourth-order valence-electron chi connectivity index (χ4n) is 2.47. The molecule has 0 aliphatic heterocycles. The molecule has 2 rings (SSSR count). The number of nitrogen functional groups attached to an aromatic ring is 2. The Balaban J connectivity index is 2.49. The molecule has 0 spiro atoms. The molecule has 4 N–H and O–H groups in total. The van der Waals surface area contributed by atoms with Crippen LogP contribution in [0, 0.1) is 11.3 Å². The molecule has 2 aromatic carbocycles. The lowest BCUT2D eigenvalue weighted by atomic mass is 10.2. The third-order valence-electron chi connectivity index (χ3n) is 3.77. The van der Waals surface area contributed by atoms with E-state index < -0.39 is 23.3 Å². The predicted octanol–water partition coefficient (Wildman–Crippen LogP) is 2.19. The highest BCUT2D eigenvalue weighted by molar-refractivity contribution is 6.22. The number of nitrogens with two attached hydrogens (primary N) is 2. The second kappa shape index (κ2) is 8.51. The molecule has 0 aliphatic rings. The zero-order chi connectivity index (χ0) is 20.8. The van der Waals surface area contributed by atoms with E-state index in [2.05, 4.69) is 0 Å². The minimum atomic E-state index is -0.866. The summed E-state index contributed by atoms with van der Waals surface area (Å²) in [5.41, 5.74) is 12.5. The van der Waals surface area contributed by atoms with Gasteiger partial charge in [-0.25, -0.2) is 4.90 Å². The summed E-state index contributed by atoms with van der Waals surface area (Å²) < 4.78 is 0. The molecule has 0 aliphatic carbocycles. The predicted molar refractivity (Wildman–Crippen MR) is 107 cm³/mol. The van der Waals surface area contributed by atoms with Crippen molar-refractivity contribution < 1.29 is 14.4 Å². The number of rotatable bonds is 4. The van der Waals surface area contributed by atoms with E-state index >= 15 is 0 Å². The lowest BCUT2D eigenvalue weighted by molar-refractivity contribution is -0.123. The summed E-state index contributed by atoms with van der Waals surface area (Å²) >= 11 is 0. The third kappa shape index (κ3) is 4.53. The maximum atomic E-state index is 12.9. The number of nitrogens with zero attached hydrogens (tertiary/aromatic N) is 3. The fraction of sp³-hybridized carbons (Fsp3) is 0.100. The van der Waals surface area contributed by atoms with Crippen LogP contribution in [-0.4, -0.2) is 17.7 Å². The lowest BCUT2D eigenvalue weighted by Gasteiger charge is -2.21. The molecule has 0 aromatic heterocycles. The van der Waals surface area contributed by atoms with Gasteiger partial charge in [0.2, 0.25) is 11.8 Å². The van der Waals surface area contributed by atoms with Crippen molar-refractivity contribution in [2.75, 3.05) is 21.3 Å². The van der Waals surface area contributed by atoms with E-state index in [-0.39, 0.29) is 5.69 Å². The second-order valence-corrected chi connectivity index (χ2v) is 5.89. The quantitative estimate of drug-likeness (QED) is 0.476. The topological polar surface area (TPSA) is 134 Å². The first-order valence-electron chi connectivity index (χ1n) is 8.22. The molecular weight excluding hydrogens is 358 g/mol. The molecule has 0 saturated heterocycles. The Kier molecular flexibility index (Phi) is 6.14. The van der Waals surface area contributed by atoms with E-state index in [9.17, 15) is 19.6 Å². The number of amides is 3. The van der Waals surface area contributed by atoms with E-state index in [1.807, 2.05) is 0 Å². The van der Waals surface area contributed by atoms with Gasteiger partial charge in [-0.05, 0) is 42.5 Å². The molecule has 0 unspecified atom stereocenters. The monoisotopic (exact) mass is 377 g/mol. The highest BCUT2D eigenvalue weighted by Crippen LogP contribution is 2.22. The van der Waals surface area contributed by atoms with Gasteiger partial charge in [0.15, 0.2) is 0 Å². The maximum Gasteiger partial charge on any atom is 0.277 e.